The van der Waals surface area contributed by atoms with E-state index in [1.54, 1.807) is 30.3 Å². The van der Waals surface area contributed by atoms with E-state index in [1.165, 1.54) is 10.6 Å². The summed E-state index contributed by atoms with van der Waals surface area (Å²) in [7, 11) is -3.51. The monoisotopic (exact) mass is 460 g/mol. The van der Waals surface area contributed by atoms with Crippen molar-refractivity contribution in [3.8, 4) is 0 Å². The van der Waals surface area contributed by atoms with E-state index >= 15 is 0 Å². The van der Waals surface area contributed by atoms with E-state index in [1.807, 2.05) is 32.9 Å². The molecular formula is C21H25ClN6O2S. The molecule has 0 saturated carbocycles. The molecule has 0 atom stereocenters. The summed E-state index contributed by atoms with van der Waals surface area (Å²) >= 11 is 6.01. The molecule has 10 heteroatoms. The molecule has 31 heavy (non-hydrogen) atoms. The fourth-order valence-electron chi connectivity index (χ4n) is 3.05. The summed E-state index contributed by atoms with van der Waals surface area (Å²) in [6.07, 6.45) is 1.39. The topological polar surface area (TPSA) is 113 Å². The molecule has 1 heterocycles. The van der Waals surface area contributed by atoms with Crippen molar-refractivity contribution in [1.29, 1.82) is 0 Å². The number of hydrogen-bond acceptors (Lipinski definition) is 7. The van der Waals surface area contributed by atoms with Crippen LogP contribution in [0, 0.1) is 6.92 Å². The first-order chi connectivity index (χ1) is 14.8. The number of nitrogen functional groups attached to an aromatic ring is 1. The quantitative estimate of drug-likeness (QED) is 0.452. The highest BCUT2D eigenvalue weighted by Crippen LogP contribution is 2.30. The van der Waals surface area contributed by atoms with Crippen molar-refractivity contribution in [3.63, 3.8) is 0 Å². The Morgan fingerprint density at radius 1 is 1.00 bits per heavy atom. The van der Waals surface area contributed by atoms with Crippen LogP contribution in [-0.2, 0) is 10.0 Å². The number of hydrogen-bond donors (Lipinski definition) is 3. The van der Waals surface area contributed by atoms with Crippen molar-refractivity contribution in [2.24, 2.45) is 0 Å². The number of nitrogens with two attached hydrogens (primary N) is 1. The van der Waals surface area contributed by atoms with Crippen molar-refractivity contribution in [2.75, 3.05) is 29.5 Å². The van der Waals surface area contributed by atoms with Crippen LogP contribution < -0.4 is 16.4 Å². The van der Waals surface area contributed by atoms with Crippen LogP contribution in [0.25, 0.3) is 0 Å². The molecule has 3 rings (SSSR count). The van der Waals surface area contributed by atoms with Gasteiger partial charge in [0.05, 0.1) is 4.90 Å². The lowest BCUT2D eigenvalue weighted by molar-refractivity contribution is 0.445. The van der Waals surface area contributed by atoms with Gasteiger partial charge in [-0.2, -0.15) is 4.31 Å². The molecule has 0 bridgehead atoms. The van der Waals surface area contributed by atoms with Gasteiger partial charge in [0.2, 0.25) is 10.0 Å². The molecule has 0 aliphatic heterocycles. The smallest absolute Gasteiger partial charge is 0.243 e. The maximum atomic E-state index is 12.6. The van der Waals surface area contributed by atoms with Crippen LogP contribution in [0.15, 0.2) is 53.7 Å². The second-order valence-electron chi connectivity index (χ2n) is 6.81. The van der Waals surface area contributed by atoms with Gasteiger partial charge in [-0.15, -0.1) is 0 Å². The molecule has 0 radical (unpaired) electrons. The number of nitrogens with zero attached hydrogens (tertiary/aromatic N) is 3. The van der Waals surface area contributed by atoms with Crippen LogP contribution in [0.2, 0.25) is 5.02 Å². The number of rotatable bonds is 8. The zero-order valence-corrected chi connectivity index (χ0v) is 19.1. The van der Waals surface area contributed by atoms with Crippen LogP contribution in [-0.4, -0.2) is 35.8 Å². The Labute approximate surface area is 187 Å². The summed E-state index contributed by atoms with van der Waals surface area (Å²) in [4.78, 5) is 8.66. The lowest BCUT2D eigenvalue weighted by atomic mass is 10.2. The lowest BCUT2D eigenvalue weighted by Gasteiger charge is -2.18. The highest BCUT2D eigenvalue weighted by atomic mass is 35.5. The highest BCUT2D eigenvalue weighted by Gasteiger charge is 2.21. The highest BCUT2D eigenvalue weighted by molar-refractivity contribution is 7.89. The molecule has 0 saturated heterocycles. The minimum absolute atomic E-state index is 0.234. The van der Waals surface area contributed by atoms with Gasteiger partial charge in [-0.05, 0) is 55.0 Å². The Bertz CT molecular complexity index is 1160. The van der Waals surface area contributed by atoms with Gasteiger partial charge in [0.1, 0.15) is 12.0 Å². The molecule has 0 amide bonds. The minimum atomic E-state index is -3.51. The second kappa shape index (κ2) is 9.51. The first kappa shape index (κ1) is 22.8. The van der Waals surface area contributed by atoms with E-state index in [-0.39, 0.29) is 4.90 Å². The number of benzene rings is 2. The summed E-state index contributed by atoms with van der Waals surface area (Å²) in [5.41, 5.74) is 9.01. The van der Waals surface area contributed by atoms with E-state index in [2.05, 4.69) is 20.6 Å². The van der Waals surface area contributed by atoms with Gasteiger partial charge >= 0.3 is 0 Å². The van der Waals surface area contributed by atoms with E-state index in [0.29, 0.717) is 41.1 Å². The minimum Gasteiger partial charge on any atom is -0.393 e. The van der Waals surface area contributed by atoms with Gasteiger partial charge in [-0.3, -0.25) is 0 Å². The first-order valence-electron chi connectivity index (χ1n) is 9.77. The molecule has 8 nitrogen and oxygen atoms in total. The molecule has 0 spiro atoms. The average Bonchev–Trinajstić information content (AvgIpc) is 2.74. The molecule has 0 fully saturated rings. The third kappa shape index (κ3) is 5.07. The van der Waals surface area contributed by atoms with Crippen molar-refractivity contribution in [2.45, 2.75) is 25.7 Å². The number of aromatic nitrogens is 2. The molecule has 1 aromatic heterocycles. The van der Waals surface area contributed by atoms with Crippen molar-refractivity contribution >= 4 is 50.3 Å². The fraction of sp³-hybridized carbons (Fsp3) is 0.238. The van der Waals surface area contributed by atoms with Crippen molar-refractivity contribution < 1.29 is 8.42 Å². The Morgan fingerprint density at radius 2 is 1.61 bits per heavy atom. The number of halogens is 1. The van der Waals surface area contributed by atoms with Gasteiger partial charge < -0.3 is 16.4 Å². The van der Waals surface area contributed by atoms with Gasteiger partial charge in [0.25, 0.3) is 0 Å². The van der Waals surface area contributed by atoms with Crippen molar-refractivity contribution in [3.05, 3.63) is 59.4 Å². The van der Waals surface area contributed by atoms with E-state index in [4.69, 9.17) is 17.3 Å². The lowest BCUT2D eigenvalue weighted by Crippen LogP contribution is -2.30. The molecule has 0 aliphatic rings. The molecule has 0 unspecified atom stereocenters. The van der Waals surface area contributed by atoms with E-state index in [0.717, 1.165) is 11.3 Å². The number of nitrogens with one attached hydrogen (secondary N) is 2. The molecule has 3 aromatic rings. The summed E-state index contributed by atoms with van der Waals surface area (Å²) in [5, 5.41) is 6.95. The van der Waals surface area contributed by atoms with Crippen LogP contribution in [0.4, 0.5) is 28.7 Å². The average molecular weight is 461 g/mol. The summed E-state index contributed by atoms with van der Waals surface area (Å²) in [5.74, 6) is 0.854. The Hall–Kier alpha value is -2.88. The standard InChI is InChI=1S/C21H25ClN6O2S/c1-4-28(5-2)31(29,30)17-9-7-16(8-10-17)26-20-19(23)21(25-13-24-20)27-18-11-6-15(22)12-14(18)3/h6-13H,4-5,23H2,1-3H3,(H2,24,25,26,27). The van der Waals surface area contributed by atoms with Gasteiger partial charge in [0, 0.05) is 29.5 Å². The molecule has 4 N–H and O–H groups in total. The predicted molar refractivity (Wildman–Crippen MR) is 126 cm³/mol. The SMILES string of the molecule is CCN(CC)S(=O)(=O)c1ccc(Nc2ncnc(Nc3ccc(Cl)cc3C)c2N)cc1. The fourth-order valence-corrected chi connectivity index (χ4v) is 4.73. The third-order valence-corrected chi connectivity index (χ3v) is 7.08. The first-order valence-corrected chi connectivity index (χ1v) is 11.6. The van der Waals surface area contributed by atoms with Crippen LogP contribution in [0.1, 0.15) is 19.4 Å². The van der Waals surface area contributed by atoms with Crippen molar-refractivity contribution in [1.82, 2.24) is 14.3 Å². The van der Waals surface area contributed by atoms with Crippen LogP contribution in [0.5, 0.6) is 0 Å². The Kier molecular flexibility index (Phi) is 6.99. The van der Waals surface area contributed by atoms with Crippen LogP contribution >= 0.6 is 11.6 Å². The summed E-state index contributed by atoms with van der Waals surface area (Å²) in [6, 6.07) is 11.9. The maximum absolute atomic E-state index is 12.6. The number of aryl methyl sites for hydroxylation is 1. The van der Waals surface area contributed by atoms with Gasteiger partial charge in [-0.25, -0.2) is 18.4 Å². The molecule has 2 aromatic carbocycles. The summed E-state index contributed by atoms with van der Waals surface area (Å²) < 4.78 is 26.7. The molecule has 0 aliphatic carbocycles. The summed E-state index contributed by atoms with van der Waals surface area (Å²) in [6.45, 7) is 6.38. The van der Waals surface area contributed by atoms with Crippen LogP contribution in [0.3, 0.4) is 0 Å². The van der Waals surface area contributed by atoms with E-state index < -0.39 is 10.0 Å². The van der Waals surface area contributed by atoms with E-state index in [9.17, 15) is 8.42 Å². The predicted octanol–water partition coefficient (Wildman–Crippen LogP) is 4.54. The Morgan fingerprint density at radius 3 is 2.19 bits per heavy atom. The number of sulfonamides is 1. The second-order valence-corrected chi connectivity index (χ2v) is 9.18. The zero-order chi connectivity index (χ0) is 22.6. The maximum Gasteiger partial charge on any atom is 0.243 e. The number of anilines is 5. The third-order valence-electron chi connectivity index (χ3n) is 4.79. The van der Waals surface area contributed by atoms with Gasteiger partial charge in [0.15, 0.2) is 11.6 Å². The zero-order valence-electron chi connectivity index (χ0n) is 17.6. The Balaban J connectivity index is 1.81. The molecular weight excluding hydrogens is 436 g/mol. The largest absolute Gasteiger partial charge is 0.393 e. The molecule has 164 valence electrons. The van der Waals surface area contributed by atoms with Gasteiger partial charge in [-0.1, -0.05) is 25.4 Å². The normalized spacial score (nSPS) is 11.5.